The molecule has 0 amide bonds. The number of piperidine rings is 1. The zero-order valence-corrected chi connectivity index (χ0v) is 12.9. The molecule has 6 heteroatoms. The first kappa shape index (κ1) is 15.3. The number of carboxylic acids is 1. The van der Waals surface area contributed by atoms with Gasteiger partial charge in [-0.1, -0.05) is 11.6 Å². The van der Waals surface area contributed by atoms with E-state index < -0.39 is 5.97 Å². The maximum absolute atomic E-state index is 10.8. The predicted octanol–water partition coefficient (Wildman–Crippen LogP) is 2.55. The van der Waals surface area contributed by atoms with E-state index in [0.29, 0.717) is 0 Å². The summed E-state index contributed by atoms with van der Waals surface area (Å²) in [5.74, 6) is -0.455. The SMILES string of the molecule is CCn1nc(C)c(Cl)c1CN1CCCC(CC(=O)O)C1. The van der Waals surface area contributed by atoms with E-state index in [9.17, 15) is 4.79 Å². The van der Waals surface area contributed by atoms with Crippen LogP contribution in [-0.2, 0) is 17.9 Å². The highest BCUT2D eigenvalue weighted by atomic mass is 35.5. The molecular weight excluding hydrogens is 278 g/mol. The molecule has 20 heavy (non-hydrogen) atoms. The van der Waals surface area contributed by atoms with E-state index >= 15 is 0 Å². The van der Waals surface area contributed by atoms with Crippen molar-refractivity contribution in [2.75, 3.05) is 13.1 Å². The van der Waals surface area contributed by atoms with Gasteiger partial charge < -0.3 is 5.11 Å². The average Bonchev–Trinajstić information content (AvgIpc) is 2.66. The molecule has 5 nitrogen and oxygen atoms in total. The second-order valence-corrected chi connectivity index (χ2v) is 5.88. The van der Waals surface area contributed by atoms with Crippen molar-refractivity contribution in [3.8, 4) is 0 Å². The molecule has 0 radical (unpaired) electrons. The maximum atomic E-state index is 10.8. The minimum atomic E-state index is -0.704. The predicted molar refractivity (Wildman–Crippen MR) is 77.9 cm³/mol. The zero-order valence-electron chi connectivity index (χ0n) is 12.1. The Balaban J connectivity index is 2.04. The number of carbonyl (C=O) groups is 1. The Morgan fingerprint density at radius 2 is 2.30 bits per heavy atom. The van der Waals surface area contributed by atoms with Gasteiger partial charge in [0.2, 0.25) is 0 Å². The van der Waals surface area contributed by atoms with Crippen molar-refractivity contribution < 1.29 is 9.90 Å². The van der Waals surface area contributed by atoms with Gasteiger partial charge in [0.25, 0.3) is 0 Å². The van der Waals surface area contributed by atoms with Crippen LogP contribution in [0, 0.1) is 12.8 Å². The number of aromatic nitrogens is 2. The lowest BCUT2D eigenvalue weighted by Crippen LogP contribution is -2.36. The van der Waals surface area contributed by atoms with Gasteiger partial charge in [0.15, 0.2) is 0 Å². The van der Waals surface area contributed by atoms with E-state index in [0.717, 1.165) is 55.4 Å². The van der Waals surface area contributed by atoms with Crippen LogP contribution in [0.3, 0.4) is 0 Å². The third-order valence-electron chi connectivity index (χ3n) is 3.89. The number of aryl methyl sites for hydroxylation is 2. The van der Waals surface area contributed by atoms with E-state index in [-0.39, 0.29) is 12.3 Å². The Hall–Kier alpha value is -1.07. The molecule has 0 aromatic carbocycles. The number of hydrogen-bond acceptors (Lipinski definition) is 3. The smallest absolute Gasteiger partial charge is 0.303 e. The fourth-order valence-electron chi connectivity index (χ4n) is 2.94. The fourth-order valence-corrected chi connectivity index (χ4v) is 3.14. The van der Waals surface area contributed by atoms with Crippen LogP contribution in [0.2, 0.25) is 5.02 Å². The van der Waals surface area contributed by atoms with Gasteiger partial charge in [0.1, 0.15) is 0 Å². The molecule has 1 saturated heterocycles. The summed E-state index contributed by atoms with van der Waals surface area (Å²) in [6.45, 7) is 7.35. The summed E-state index contributed by atoms with van der Waals surface area (Å²) in [5.41, 5.74) is 1.91. The summed E-state index contributed by atoms with van der Waals surface area (Å²) >= 11 is 6.33. The fraction of sp³-hybridized carbons (Fsp3) is 0.714. The Kier molecular flexibility index (Phi) is 5.05. The Morgan fingerprint density at radius 3 is 2.95 bits per heavy atom. The molecule has 1 aromatic rings. The minimum Gasteiger partial charge on any atom is -0.481 e. The molecule has 112 valence electrons. The van der Waals surface area contributed by atoms with Crippen LogP contribution in [0.1, 0.15) is 37.6 Å². The molecule has 0 spiro atoms. The van der Waals surface area contributed by atoms with Crippen molar-refractivity contribution in [3.05, 3.63) is 16.4 Å². The molecule has 1 fully saturated rings. The van der Waals surface area contributed by atoms with Gasteiger partial charge in [-0.3, -0.25) is 14.4 Å². The largest absolute Gasteiger partial charge is 0.481 e. The van der Waals surface area contributed by atoms with Gasteiger partial charge in [-0.15, -0.1) is 0 Å². The summed E-state index contributed by atoms with van der Waals surface area (Å²) in [5, 5.41) is 14.1. The summed E-state index contributed by atoms with van der Waals surface area (Å²) in [6, 6.07) is 0. The topological polar surface area (TPSA) is 58.4 Å². The summed E-state index contributed by atoms with van der Waals surface area (Å²) in [6.07, 6.45) is 2.31. The number of hydrogen-bond donors (Lipinski definition) is 1. The van der Waals surface area contributed by atoms with Crippen LogP contribution in [0.15, 0.2) is 0 Å². The van der Waals surface area contributed by atoms with Gasteiger partial charge in [0, 0.05) is 26.1 Å². The quantitative estimate of drug-likeness (QED) is 0.908. The molecule has 1 aromatic heterocycles. The first-order chi connectivity index (χ1) is 9.51. The van der Waals surface area contributed by atoms with Gasteiger partial charge in [-0.25, -0.2) is 0 Å². The van der Waals surface area contributed by atoms with Crippen LogP contribution < -0.4 is 0 Å². The number of nitrogens with zero attached hydrogens (tertiary/aromatic N) is 3. The molecule has 1 atom stereocenters. The highest BCUT2D eigenvalue weighted by Crippen LogP contribution is 2.25. The van der Waals surface area contributed by atoms with E-state index in [2.05, 4.69) is 16.9 Å². The molecule has 1 aliphatic rings. The van der Waals surface area contributed by atoms with Gasteiger partial charge in [-0.2, -0.15) is 5.10 Å². The van der Waals surface area contributed by atoms with Crippen LogP contribution in [0.4, 0.5) is 0 Å². The molecule has 2 rings (SSSR count). The lowest BCUT2D eigenvalue weighted by Gasteiger charge is -2.32. The van der Waals surface area contributed by atoms with Crippen molar-refractivity contribution in [1.29, 1.82) is 0 Å². The van der Waals surface area contributed by atoms with Crippen LogP contribution in [-0.4, -0.2) is 38.8 Å². The molecule has 2 heterocycles. The second kappa shape index (κ2) is 6.59. The molecule has 0 bridgehead atoms. The van der Waals surface area contributed by atoms with E-state index in [1.165, 1.54) is 0 Å². The first-order valence-electron chi connectivity index (χ1n) is 7.17. The lowest BCUT2D eigenvalue weighted by atomic mass is 9.95. The maximum Gasteiger partial charge on any atom is 0.303 e. The number of rotatable bonds is 5. The highest BCUT2D eigenvalue weighted by molar-refractivity contribution is 6.31. The molecule has 1 unspecified atom stereocenters. The number of aliphatic carboxylic acids is 1. The van der Waals surface area contributed by atoms with Gasteiger partial charge in [-0.05, 0) is 39.2 Å². The van der Waals surface area contributed by atoms with Crippen molar-refractivity contribution >= 4 is 17.6 Å². The Labute approximate surface area is 124 Å². The third-order valence-corrected chi connectivity index (χ3v) is 4.38. The van der Waals surface area contributed by atoms with Crippen molar-refractivity contribution in [2.45, 2.75) is 46.2 Å². The Bertz CT molecular complexity index is 487. The highest BCUT2D eigenvalue weighted by Gasteiger charge is 2.24. The molecule has 0 aliphatic carbocycles. The number of halogens is 1. The monoisotopic (exact) mass is 299 g/mol. The van der Waals surface area contributed by atoms with Crippen LogP contribution in [0.5, 0.6) is 0 Å². The van der Waals surface area contributed by atoms with Gasteiger partial charge in [0.05, 0.1) is 16.4 Å². The Morgan fingerprint density at radius 1 is 1.55 bits per heavy atom. The molecule has 1 aliphatic heterocycles. The standard InChI is InChI=1S/C14H22ClN3O2/c1-3-18-12(14(15)10(2)16-18)9-17-6-4-5-11(8-17)7-13(19)20/h11H,3-9H2,1-2H3,(H,19,20). The lowest BCUT2D eigenvalue weighted by molar-refractivity contribution is -0.138. The average molecular weight is 300 g/mol. The third kappa shape index (κ3) is 3.52. The molecule has 0 saturated carbocycles. The summed E-state index contributed by atoms with van der Waals surface area (Å²) in [4.78, 5) is 13.1. The van der Waals surface area contributed by atoms with Gasteiger partial charge >= 0.3 is 5.97 Å². The van der Waals surface area contributed by atoms with E-state index in [4.69, 9.17) is 16.7 Å². The first-order valence-corrected chi connectivity index (χ1v) is 7.55. The van der Waals surface area contributed by atoms with Crippen molar-refractivity contribution in [2.24, 2.45) is 5.92 Å². The van der Waals surface area contributed by atoms with Crippen LogP contribution in [0.25, 0.3) is 0 Å². The zero-order chi connectivity index (χ0) is 14.7. The summed E-state index contributed by atoms with van der Waals surface area (Å²) < 4.78 is 1.94. The van der Waals surface area contributed by atoms with Crippen molar-refractivity contribution in [3.63, 3.8) is 0 Å². The minimum absolute atomic E-state index is 0.249. The second-order valence-electron chi connectivity index (χ2n) is 5.50. The molecular formula is C14H22ClN3O2. The number of carboxylic acid groups (broad SMARTS) is 1. The molecule has 1 N–H and O–H groups in total. The van der Waals surface area contributed by atoms with Crippen molar-refractivity contribution in [1.82, 2.24) is 14.7 Å². The number of likely N-dealkylation sites (tertiary alicyclic amines) is 1. The summed E-state index contributed by atoms with van der Waals surface area (Å²) in [7, 11) is 0. The van der Waals surface area contributed by atoms with E-state index in [1.54, 1.807) is 0 Å². The normalized spacial score (nSPS) is 20.2. The van der Waals surface area contributed by atoms with E-state index in [1.807, 2.05) is 11.6 Å². The van der Waals surface area contributed by atoms with Crippen LogP contribution >= 0.6 is 11.6 Å².